The molecule has 0 saturated carbocycles. The zero-order valence-corrected chi connectivity index (χ0v) is 14.5. The minimum absolute atomic E-state index is 0.113. The first kappa shape index (κ1) is 15.9. The highest BCUT2D eigenvalue weighted by molar-refractivity contribution is 7.18. The molecular weight excluding hydrogens is 316 g/mol. The standard InChI is InChI=1S/C15H20N4O3S/c1-5-10(20)17-18-14-16-12-11(13(21)19(14)4)8-6-15(2,3)22-7-9(8)23-12/h5-7H2,1-4H3,(H,16,18)(H,17,20). The summed E-state index contributed by atoms with van der Waals surface area (Å²) < 4.78 is 7.24. The molecule has 0 saturated heterocycles. The monoisotopic (exact) mass is 336 g/mol. The average molecular weight is 336 g/mol. The van der Waals surface area contributed by atoms with E-state index < -0.39 is 0 Å². The van der Waals surface area contributed by atoms with Gasteiger partial charge in [-0.25, -0.2) is 4.98 Å². The first-order valence-corrected chi connectivity index (χ1v) is 8.34. The van der Waals surface area contributed by atoms with Crippen LogP contribution < -0.4 is 16.4 Å². The minimum Gasteiger partial charge on any atom is -0.370 e. The second-order valence-electron chi connectivity index (χ2n) is 6.24. The first-order chi connectivity index (χ1) is 10.8. The van der Waals surface area contributed by atoms with Crippen molar-refractivity contribution in [2.75, 3.05) is 5.43 Å². The summed E-state index contributed by atoms with van der Waals surface area (Å²) in [5.41, 5.74) is 5.89. The van der Waals surface area contributed by atoms with E-state index in [0.29, 0.717) is 35.6 Å². The molecule has 0 aliphatic carbocycles. The molecule has 2 aromatic heterocycles. The summed E-state index contributed by atoms with van der Waals surface area (Å²) in [7, 11) is 1.64. The number of hydrogen-bond donors (Lipinski definition) is 2. The number of thiophene rings is 1. The molecule has 1 amide bonds. The summed E-state index contributed by atoms with van der Waals surface area (Å²) in [6, 6.07) is 0. The lowest BCUT2D eigenvalue weighted by atomic mass is 9.94. The Hall–Kier alpha value is -1.93. The average Bonchev–Trinajstić information content (AvgIpc) is 2.85. The van der Waals surface area contributed by atoms with Crippen LogP contribution in [0.5, 0.6) is 0 Å². The van der Waals surface area contributed by atoms with Gasteiger partial charge in [-0.15, -0.1) is 11.3 Å². The molecule has 0 bridgehead atoms. The van der Waals surface area contributed by atoms with Crippen LogP contribution in [0.3, 0.4) is 0 Å². The second kappa shape index (κ2) is 5.61. The van der Waals surface area contributed by atoms with Crippen LogP contribution in [0.1, 0.15) is 37.6 Å². The summed E-state index contributed by atoms with van der Waals surface area (Å²) in [6.45, 7) is 6.30. The van der Waals surface area contributed by atoms with E-state index in [4.69, 9.17) is 4.74 Å². The number of rotatable bonds is 3. The summed E-state index contributed by atoms with van der Waals surface area (Å²) in [4.78, 5) is 30.3. The number of amides is 1. The lowest BCUT2D eigenvalue weighted by molar-refractivity contribution is -0.120. The molecule has 0 atom stereocenters. The molecule has 0 unspecified atom stereocenters. The van der Waals surface area contributed by atoms with E-state index in [1.54, 1.807) is 14.0 Å². The number of anilines is 1. The molecule has 124 valence electrons. The Balaban J connectivity index is 2.07. The molecular formula is C15H20N4O3S. The molecule has 0 fully saturated rings. The minimum atomic E-state index is -0.280. The number of nitrogens with one attached hydrogen (secondary N) is 2. The smallest absolute Gasteiger partial charge is 0.263 e. The third kappa shape index (κ3) is 2.84. The quantitative estimate of drug-likeness (QED) is 0.833. The zero-order valence-electron chi connectivity index (χ0n) is 13.6. The number of carbonyl (C=O) groups excluding carboxylic acids is 1. The van der Waals surface area contributed by atoms with Crippen LogP contribution in [0.4, 0.5) is 5.95 Å². The van der Waals surface area contributed by atoms with Crippen LogP contribution in [0.15, 0.2) is 4.79 Å². The van der Waals surface area contributed by atoms with Gasteiger partial charge in [0.05, 0.1) is 17.6 Å². The zero-order chi connectivity index (χ0) is 16.8. The Kier molecular flexibility index (Phi) is 3.89. The number of nitrogens with zero attached hydrogens (tertiary/aromatic N) is 2. The van der Waals surface area contributed by atoms with Gasteiger partial charge in [0.25, 0.3) is 5.56 Å². The molecule has 0 spiro atoms. The fourth-order valence-corrected chi connectivity index (χ4v) is 3.69. The van der Waals surface area contributed by atoms with E-state index >= 15 is 0 Å². The van der Waals surface area contributed by atoms with Crippen LogP contribution in [0.25, 0.3) is 10.2 Å². The number of aromatic nitrogens is 2. The molecule has 1 aliphatic heterocycles. The van der Waals surface area contributed by atoms with Crippen molar-refractivity contribution in [3.8, 4) is 0 Å². The molecule has 2 N–H and O–H groups in total. The summed E-state index contributed by atoms with van der Waals surface area (Å²) in [5.74, 6) is 0.156. The van der Waals surface area contributed by atoms with Crippen LogP contribution in [-0.2, 0) is 29.6 Å². The van der Waals surface area contributed by atoms with E-state index in [1.807, 2.05) is 13.8 Å². The number of fused-ring (bicyclic) bond motifs is 3. The molecule has 8 heteroatoms. The molecule has 0 aromatic carbocycles. The number of ether oxygens (including phenoxy) is 1. The van der Waals surface area contributed by atoms with Gasteiger partial charge in [-0.1, -0.05) is 6.92 Å². The maximum atomic E-state index is 12.7. The fourth-order valence-electron chi connectivity index (χ4n) is 2.60. The summed E-state index contributed by atoms with van der Waals surface area (Å²) in [6.07, 6.45) is 1.04. The van der Waals surface area contributed by atoms with E-state index in [0.717, 1.165) is 10.4 Å². The van der Waals surface area contributed by atoms with Crippen molar-refractivity contribution >= 4 is 33.4 Å². The van der Waals surface area contributed by atoms with Crippen molar-refractivity contribution in [3.63, 3.8) is 0 Å². The Morgan fingerprint density at radius 2 is 2.22 bits per heavy atom. The number of carbonyl (C=O) groups is 1. The highest BCUT2D eigenvalue weighted by atomic mass is 32.1. The molecule has 23 heavy (non-hydrogen) atoms. The predicted molar refractivity (Wildman–Crippen MR) is 89.5 cm³/mol. The van der Waals surface area contributed by atoms with Gasteiger partial charge in [0, 0.05) is 24.8 Å². The summed E-state index contributed by atoms with van der Waals surface area (Å²) >= 11 is 1.48. The molecule has 3 heterocycles. The molecule has 1 aliphatic rings. The highest BCUT2D eigenvalue weighted by Crippen LogP contribution is 2.37. The van der Waals surface area contributed by atoms with Gasteiger partial charge >= 0.3 is 0 Å². The second-order valence-corrected chi connectivity index (χ2v) is 7.32. The maximum absolute atomic E-state index is 12.7. The van der Waals surface area contributed by atoms with E-state index in [9.17, 15) is 9.59 Å². The largest absolute Gasteiger partial charge is 0.370 e. The third-order valence-electron chi connectivity index (χ3n) is 3.95. The van der Waals surface area contributed by atoms with Gasteiger partial charge in [0.2, 0.25) is 11.9 Å². The molecule has 7 nitrogen and oxygen atoms in total. The van der Waals surface area contributed by atoms with E-state index in [-0.39, 0.29) is 17.1 Å². The molecule has 0 radical (unpaired) electrons. The Morgan fingerprint density at radius 1 is 1.48 bits per heavy atom. The maximum Gasteiger partial charge on any atom is 0.263 e. The Labute approximate surface area is 137 Å². The lowest BCUT2D eigenvalue weighted by Crippen LogP contribution is -2.34. The predicted octanol–water partition coefficient (Wildman–Crippen LogP) is 1.70. The Bertz CT molecular complexity index is 837. The normalized spacial score (nSPS) is 16.2. The van der Waals surface area contributed by atoms with Crippen molar-refractivity contribution in [2.45, 2.75) is 45.8 Å². The topological polar surface area (TPSA) is 85.3 Å². The van der Waals surface area contributed by atoms with Crippen molar-refractivity contribution < 1.29 is 9.53 Å². The van der Waals surface area contributed by atoms with Crippen molar-refractivity contribution in [3.05, 3.63) is 20.8 Å². The van der Waals surface area contributed by atoms with Crippen molar-refractivity contribution in [1.29, 1.82) is 0 Å². The van der Waals surface area contributed by atoms with Crippen molar-refractivity contribution in [1.82, 2.24) is 15.0 Å². The van der Waals surface area contributed by atoms with Crippen LogP contribution in [0, 0.1) is 0 Å². The number of hydrogen-bond acceptors (Lipinski definition) is 6. The van der Waals surface area contributed by atoms with Crippen molar-refractivity contribution in [2.24, 2.45) is 7.05 Å². The summed E-state index contributed by atoms with van der Waals surface area (Å²) in [5, 5.41) is 0.663. The first-order valence-electron chi connectivity index (χ1n) is 7.52. The van der Waals surface area contributed by atoms with Gasteiger partial charge in [-0.2, -0.15) is 0 Å². The Morgan fingerprint density at radius 3 is 2.91 bits per heavy atom. The van der Waals surface area contributed by atoms with Gasteiger partial charge < -0.3 is 4.74 Å². The highest BCUT2D eigenvalue weighted by Gasteiger charge is 2.31. The van der Waals surface area contributed by atoms with Gasteiger partial charge in [-0.3, -0.25) is 25.0 Å². The molecule has 3 rings (SSSR count). The number of hydrazine groups is 1. The van der Waals surface area contributed by atoms with Gasteiger partial charge in [0.1, 0.15) is 4.83 Å². The van der Waals surface area contributed by atoms with Crippen LogP contribution in [-0.4, -0.2) is 21.1 Å². The SMILES string of the molecule is CCC(=O)NNc1nc2sc3c(c2c(=O)n1C)CC(C)(C)OC3. The molecule has 2 aromatic rings. The van der Waals surface area contributed by atoms with E-state index in [1.165, 1.54) is 15.9 Å². The third-order valence-corrected chi connectivity index (χ3v) is 5.05. The van der Waals surface area contributed by atoms with Crippen LogP contribution in [0.2, 0.25) is 0 Å². The van der Waals surface area contributed by atoms with Gasteiger partial charge in [0.15, 0.2) is 0 Å². The van der Waals surface area contributed by atoms with E-state index in [2.05, 4.69) is 15.8 Å². The fraction of sp³-hybridized carbons (Fsp3) is 0.533. The van der Waals surface area contributed by atoms with Crippen LogP contribution >= 0.6 is 11.3 Å². The van der Waals surface area contributed by atoms with Gasteiger partial charge in [-0.05, 0) is 19.4 Å². The lowest BCUT2D eigenvalue weighted by Gasteiger charge is -2.29.